The highest BCUT2D eigenvalue weighted by Crippen LogP contribution is 2.30. The first kappa shape index (κ1) is 27.4. The number of benzene rings is 2. The summed E-state index contributed by atoms with van der Waals surface area (Å²) in [6, 6.07) is 18.8. The molecule has 3 aliphatic heterocycles. The molecule has 4 heterocycles. The fourth-order valence-corrected chi connectivity index (χ4v) is 6.05. The summed E-state index contributed by atoms with van der Waals surface area (Å²) < 4.78 is 12.4. The summed E-state index contributed by atoms with van der Waals surface area (Å²) in [7, 11) is 0. The van der Waals surface area contributed by atoms with Crippen LogP contribution in [0.2, 0.25) is 0 Å². The van der Waals surface area contributed by atoms with Gasteiger partial charge in [0, 0.05) is 44.5 Å². The van der Waals surface area contributed by atoms with Crippen LogP contribution in [0, 0.1) is 0 Å². The number of hydrogen-bond donors (Lipinski definition) is 3. The van der Waals surface area contributed by atoms with Gasteiger partial charge in [0.1, 0.15) is 11.9 Å². The first-order valence-electron chi connectivity index (χ1n) is 14.4. The summed E-state index contributed by atoms with van der Waals surface area (Å²) in [6.45, 7) is 1.72. The van der Waals surface area contributed by atoms with Crippen molar-refractivity contribution in [1.29, 1.82) is 0 Å². The number of carbonyl (C=O) groups is 2. The molecule has 0 spiro atoms. The molecule has 3 aromatic rings. The molecule has 3 N–H and O–H groups in total. The van der Waals surface area contributed by atoms with Crippen LogP contribution in [-0.4, -0.2) is 76.9 Å². The first-order chi connectivity index (χ1) is 20.0. The Morgan fingerprint density at radius 1 is 0.976 bits per heavy atom. The van der Waals surface area contributed by atoms with Crippen LogP contribution in [0.3, 0.4) is 0 Å². The molecule has 9 heteroatoms. The number of likely N-dealkylation sites (tertiary alicyclic amines) is 1. The van der Waals surface area contributed by atoms with Crippen LogP contribution in [0.5, 0.6) is 5.75 Å². The number of aromatic nitrogens is 1. The van der Waals surface area contributed by atoms with E-state index in [2.05, 4.69) is 20.5 Å². The van der Waals surface area contributed by atoms with Crippen molar-refractivity contribution in [2.45, 2.75) is 62.6 Å². The molecule has 6 rings (SSSR count). The van der Waals surface area contributed by atoms with Crippen molar-refractivity contribution in [1.82, 2.24) is 20.5 Å². The largest absolute Gasteiger partial charge is 0.493 e. The lowest BCUT2D eigenvalue weighted by molar-refractivity contribution is -0.133. The number of carbonyl (C=O) groups excluding carboxylic acids is 2. The average molecular weight is 557 g/mol. The van der Waals surface area contributed by atoms with Gasteiger partial charge in [-0.05, 0) is 60.2 Å². The maximum absolute atomic E-state index is 13.6. The van der Waals surface area contributed by atoms with Crippen molar-refractivity contribution >= 4 is 11.8 Å². The van der Waals surface area contributed by atoms with Crippen LogP contribution >= 0.6 is 0 Å². The summed E-state index contributed by atoms with van der Waals surface area (Å²) in [4.78, 5) is 33.3. The Labute approximate surface area is 239 Å². The van der Waals surface area contributed by atoms with Gasteiger partial charge in [-0.3, -0.25) is 19.5 Å². The summed E-state index contributed by atoms with van der Waals surface area (Å²) in [5.74, 6) is 0.161. The molecule has 2 amide bonds. The molecule has 2 fully saturated rings. The van der Waals surface area contributed by atoms with E-state index in [1.54, 1.807) is 18.5 Å². The summed E-state index contributed by atoms with van der Waals surface area (Å²) in [6.07, 6.45) is 4.64. The minimum atomic E-state index is -0.633. The Morgan fingerprint density at radius 2 is 1.80 bits per heavy atom. The molecule has 41 heavy (non-hydrogen) atoms. The molecule has 2 saturated heterocycles. The van der Waals surface area contributed by atoms with Crippen LogP contribution in [-0.2, 0) is 16.1 Å². The molecule has 0 aliphatic carbocycles. The normalized spacial score (nSPS) is 27.3. The average Bonchev–Trinajstić information content (AvgIpc) is 3.39. The molecule has 5 atom stereocenters. The standard InChI is InChI=1S/C32H36N4O5/c37-28-9-7-25-12-15-40-29-16-23(22-10-13-33-14-11-22)6-8-26(29)31(38)35-24-17-27(32(39)34-18-30(28)41-25)36(20-24)19-21-4-2-1-3-5-21/h1-6,8,10-11,13-14,16,24-25,27-28,30,37H,7,9,12,15,17-20H2,(H,34,39)(H,35,38)/t24-,25-,27-,28-,30+/m0/s1. The fraction of sp³-hybridized carbons (Fsp3) is 0.406. The highest BCUT2D eigenvalue weighted by Gasteiger charge is 2.39. The van der Waals surface area contributed by atoms with Crippen LogP contribution in [0.1, 0.15) is 41.6 Å². The second-order valence-corrected chi connectivity index (χ2v) is 11.1. The van der Waals surface area contributed by atoms with Gasteiger partial charge in [0.05, 0.1) is 30.4 Å². The van der Waals surface area contributed by atoms with Crippen molar-refractivity contribution in [3.63, 3.8) is 0 Å². The first-order valence-corrected chi connectivity index (χ1v) is 14.4. The lowest BCUT2D eigenvalue weighted by atomic mass is 9.99. The quantitative estimate of drug-likeness (QED) is 0.455. The smallest absolute Gasteiger partial charge is 0.255 e. The Morgan fingerprint density at radius 3 is 2.63 bits per heavy atom. The molecule has 0 radical (unpaired) electrons. The van der Waals surface area contributed by atoms with Gasteiger partial charge in [-0.2, -0.15) is 0 Å². The maximum atomic E-state index is 13.6. The zero-order valence-electron chi connectivity index (χ0n) is 22.9. The predicted molar refractivity (Wildman–Crippen MR) is 153 cm³/mol. The van der Waals surface area contributed by atoms with Gasteiger partial charge >= 0.3 is 0 Å². The Bertz CT molecular complexity index is 1350. The van der Waals surface area contributed by atoms with E-state index in [0.29, 0.717) is 56.7 Å². The number of hydrogen-bond acceptors (Lipinski definition) is 7. The number of aliphatic hydroxyl groups excluding tert-OH is 1. The van der Waals surface area contributed by atoms with Gasteiger partial charge in [0.25, 0.3) is 5.91 Å². The van der Waals surface area contributed by atoms with Crippen molar-refractivity contribution in [2.24, 2.45) is 0 Å². The zero-order chi connectivity index (χ0) is 28.2. The Hall–Kier alpha value is -3.79. The topological polar surface area (TPSA) is 113 Å². The van der Waals surface area contributed by atoms with Crippen LogP contribution in [0.15, 0.2) is 73.1 Å². The SMILES string of the molecule is O=C1N[C@H]2C[C@@H](C(=O)NC[C@H]3O[C@H](CCOc4cc(-c5ccncc5)ccc41)CC[C@@H]3O)N(Cc1ccccc1)C2. The number of aliphatic hydroxyl groups is 1. The third kappa shape index (κ3) is 6.43. The molecule has 1 aromatic heterocycles. The number of nitrogens with zero attached hydrogens (tertiary/aromatic N) is 2. The van der Waals surface area contributed by atoms with E-state index >= 15 is 0 Å². The second kappa shape index (κ2) is 12.4. The Kier molecular flexibility index (Phi) is 8.27. The third-order valence-corrected chi connectivity index (χ3v) is 8.27. The van der Waals surface area contributed by atoms with Gasteiger partial charge in [0.2, 0.25) is 5.91 Å². The second-order valence-electron chi connectivity index (χ2n) is 11.1. The van der Waals surface area contributed by atoms with Gasteiger partial charge in [0.15, 0.2) is 0 Å². The van der Waals surface area contributed by atoms with E-state index in [-0.39, 0.29) is 30.5 Å². The lowest BCUT2D eigenvalue weighted by Crippen LogP contribution is -2.50. The zero-order valence-corrected chi connectivity index (χ0v) is 22.9. The van der Waals surface area contributed by atoms with Gasteiger partial charge in [-0.15, -0.1) is 0 Å². The van der Waals surface area contributed by atoms with Crippen molar-refractivity contribution in [3.8, 4) is 16.9 Å². The van der Waals surface area contributed by atoms with Crippen molar-refractivity contribution < 1.29 is 24.2 Å². The minimum absolute atomic E-state index is 0.112. The monoisotopic (exact) mass is 556 g/mol. The van der Waals surface area contributed by atoms with E-state index in [4.69, 9.17) is 9.47 Å². The summed E-state index contributed by atoms with van der Waals surface area (Å²) >= 11 is 0. The molecule has 4 bridgehead atoms. The minimum Gasteiger partial charge on any atom is -0.493 e. The summed E-state index contributed by atoms with van der Waals surface area (Å²) in [5, 5.41) is 16.8. The molecule has 0 unspecified atom stereocenters. The Balaban J connectivity index is 1.29. The number of rotatable bonds is 3. The number of ether oxygens (including phenoxy) is 2. The van der Waals surface area contributed by atoms with E-state index in [1.165, 1.54) is 0 Å². The highest BCUT2D eigenvalue weighted by atomic mass is 16.5. The van der Waals surface area contributed by atoms with Crippen molar-refractivity contribution in [2.75, 3.05) is 19.7 Å². The number of pyridine rings is 1. The molecule has 0 saturated carbocycles. The molecular formula is C32H36N4O5. The fourth-order valence-electron chi connectivity index (χ4n) is 6.05. The molecule has 9 nitrogen and oxygen atoms in total. The lowest BCUT2D eigenvalue weighted by Gasteiger charge is -2.34. The van der Waals surface area contributed by atoms with E-state index in [0.717, 1.165) is 16.7 Å². The van der Waals surface area contributed by atoms with Crippen LogP contribution in [0.25, 0.3) is 11.1 Å². The van der Waals surface area contributed by atoms with E-state index < -0.39 is 18.2 Å². The molecular weight excluding hydrogens is 520 g/mol. The highest BCUT2D eigenvalue weighted by molar-refractivity contribution is 5.98. The third-order valence-electron chi connectivity index (χ3n) is 8.27. The van der Waals surface area contributed by atoms with Gasteiger partial charge in [-0.1, -0.05) is 36.4 Å². The van der Waals surface area contributed by atoms with E-state index in [9.17, 15) is 14.7 Å². The van der Waals surface area contributed by atoms with E-state index in [1.807, 2.05) is 54.6 Å². The van der Waals surface area contributed by atoms with Crippen LogP contribution < -0.4 is 15.4 Å². The molecule has 214 valence electrons. The van der Waals surface area contributed by atoms with Crippen molar-refractivity contribution in [3.05, 3.63) is 84.2 Å². The number of amides is 2. The van der Waals surface area contributed by atoms with Gasteiger partial charge in [-0.25, -0.2) is 0 Å². The summed E-state index contributed by atoms with van der Waals surface area (Å²) in [5.41, 5.74) is 3.46. The number of fused-ring (bicyclic) bond motifs is 5. The molecule has 3 aliphatic rings. The maximum Gasteiger partial charge on any atom is 0.255 e. The van der Waals surface area contributed by atoms with Gasteiger partial charge < -0.3 is 25.2 Å². The van der Waals surface area contributed by atoms with Crippen LogP contribution in [0.4, 0.5) is 0 Å². The number of nitrogens with one attached hydrogen (secondary N) is 2. The molecule has 2 aromatic carbocycles. The predicted octanol–water partition coefficient (Wildman–Crippen LogP) is 2.93.